The molecule has 7 heteroatoms. The van der Waals surface area contributed by atoms with Gasteiger partial charge in [-0.05, 0) is 41.8 Å². The Labute approximate surface area is 177 Å². The molecule has 146 valence electrons. The average molecular weight is 482 g/mol. The van der Waals surface area contributed by atoms with E-state index >= 15 is 0 Å². The standard InChI is InChI=1S/C20H26N4O2.HI/c1-4-15-7-5-9-17(11-15)24-19(25)14-23-20(21-2)22-13-16-8-6-10-18(12-16)26-3;/h5-12H,4,13-14H2,1-3H3,(H,24,25)(H2,21,22,23);1H. The molecule has 0 aromatic heterocycles. The highest BCUT2D eigenvalue weighted by Gasteiger charge is 2.05. The summed E-state index contributed by atoms with van der Waals surface area (Å²) in [6.45, 7) is 2.80. The molecule has 0 spiro atoms. The molecule has 0 atom stereocenters. The molecule has 2 aromatic rings. The van der Waals surface area contributed by atoms with E-state index in [0.717, 1.165) is 23.4 Å². The van der Waals surface area contributed by atoms with Gasteiger partial charge in [-0.3, -0.25) is 9.79 Å². The fourth-order valence-electron chi connectivity index (χ4n) is 2.43. The Hall–Kier alpha value is -2.29. The zero-order valence-electron chi connectivity index (χ0n) is 15.9. The number of rotatable bonds is 7. The van der Waals surface area contributed by atoms with Crippen LogP contribution in [0.1, 0.15) is 18.1 Å². The molecule has 1 amide bonds. The quantitative estimate of drug-likeness (QED) is 0.322. The number of aryl methyl sites for hydroxylation is 1. The van der Waals surface area contributed by atoms with Crippen molar-refractivity contribution in [2.75, 3.05) is 26.0 Å². The number of ether oxygens (including phenoxy) is 1. The topological polar surface area (TPSA) is 74.8 Å². The zero-order chi connectivity index (χ0) is 18.8. The molecule has 0 bridgehead atoms. The smallest absolute Gasteiger partial charge is 0.243 e. The van der Waals surface area contributed by atoms with Gasteiger partial charge >= 0.3 is 0 Å². The minimum absolute atomic E-state index is 0. The van der Waals surface area contributed by atoms with Crippen LogP contribution in [0.2, 0.25) is 0 Å². The molecule has 0 heterocycles. The number of carbonyl (C=O) groups excluding carboxylic acids is 1. The van der Waals surface area contributed by atoms with Gasteiger partial charge < -0.3 is 20.7 Å². The highest BCUT2D eigenvalue weighted by molar-refractivity contribution is 14.0. The maximum absolute atomic E-state index is 12.1. The van der Waals surface area contributed by atoms with Crippen LogP contribution in [0, 0.1) is 0 Å². The summed E-state index contributed by atoms with van der Waals surface area (Å²) in [5, 5.41) is 9.07. The van der Waals surface area contributed by atoms with Gasteiger partial charge in [0.1, 0.15) is 5.75 Å². The number of methoxy groups -OCH3 is 1. The van der Waals surface area contributed by atoms with Crippen LogP contribution in [0.5, 0.6) is 5.75 Å². The van der Waals surface area contributed by atoms with E-state index in [1.54, 1.807) is 14.2 Å². The Morgan fingerprint density at radius 2 is 1.81 bits per heavy atom. The number of aliphatic imine (C=N–C) groups is 1. The van der Waals surface area contributed by atoms with Crippen molar-refractivity contribution in [1.29, 1.82) is 0 Å². The summed E-state index contributed by atoms with van der Waals surface area (Å²) < 4.78 is 5.21. The predicted octanol–water partition coefficient (Wildman–Crippen LogP) is 3.18. The molecular formula is C20H27IN4O2. The summed E-state index contributed by atoms with van der Waals surface area (Å²) in [6.07, 6.45) is 0.933. The number of carbonyl (C=O) groups is 1. The first-order valence-electron chi connectivity index (χ1n) is 8.60. The van der Waals surface area contributed by atoms with Crippen LogP contribution in [-0.2, 0) is 17.8 Å². The molecule has 2 aromatic carbocycles. The van der Waals surface area contributed by atoms with Crippen LogP contribution in [0.3, 0.4) is 0 Å². The number of hydrogen-bond donors (Lipinski definition) is 3. The molecule has 0 saturated carbocycles. The molecule has 0 aliphatic rings. The van der Waals surface area contributed by atoms with Gasteiger partial charge in [0, 0.05) is 19.3 Å². The van der Waals surface area contributed by atoms with Gasteiger partial charge in [-0.25, -0.2) is 0 Å². The summed E-state index contributed by atoms with van der Waals surface area (Å²) in [6, 6.07) is 15.6. The van der Waals surface area contributed by atoms with Crippen molar-refractivity contribution in [3.05, 3.63) is 59.7 Å². The first-order valence-corrected chi connectivity index (χ1v) is 8.60. The van der Waals surface area contributed by atoms with E-state index in [1.807, 2.05) is 48.5 Å². The first-order chi connectivity index (χ1) is 12.6. The molecule has 6 nitrogen and oxygen atoms in total. The van der Waals surface area contributed by atoms with Crippen molar-refractivity contribution in [2.24, 2.45) is 4.99 Å². The number of halogens is 1. The highest BCUT2D eigenvalue weighted by atomic mass is 127. The average Bonchev–Trinajstić information content (AvgIpc) is 2.68. The van der Waals surface area contributed by atoms with Crippen LogP contribution in [-0.4, -0.2) is 32.6 Å². The molecule has 27 heavy (non-hydrogen) atoms. The number of amides is 1. The van der Waals surface area contributed by atoms with Gasteiger partial charge in [0.05, 0.1) is 13.7 Å². The van der Waals surface area contributed by atoms with E-state index in [1.165, 1.54) is 5.56 Å². The minimum Gasteiger partial charge on any atom is -0.497 e. The maximum atomic E-state index is 12.1. The molecule has 0 aliphatic heterocycles. The Morgan fingerprint density at radius 3 is 2.52 bits per heavy atom. The number of nitrogens with one attached hydrogen (secondary N) is 3. The highest BCUT2D eigenvalue weighted by Crippen LogP contribution is 2.12. The van der Waals surface area contributed by atoms with Crippen molar-refractivity contribution in [1.82, 2.24) is 10.6 Å². The summed E-state index contributed by atoms with van der Waals surface area (Å²) in [5.74, 6) is 1.24. The number of nitrogens with zero attached hydrogens (tertiary/aromatic N) is 1. The molecule has 3 N–H and O–H groups in total. The van der Waals surface area contributed by atoms with Crippen LogP contribution in [0.25, 0.3) is 0 Å². The third-order valence-corrected chi connectivity index (χ3v) is 3.85. The summed E-state index contributed by atoms with van der Waals surface area (Å²) in [4.78, 5) is 16.3. The van der Waals surface area contributed by atoms with Gasteiger partial charge in [0.25, 0.3) is 0 Å². The third-order valence-electron chi connectivity index (χ3n) is 3.85. The van der Waals surface area contributed by atoms with Crippen molar-refractivity contribution in [2.45, 2.75) is 19.9 Å². The van der Waals surface area contributed by atoms with E-state index in [9.17, 15) is 4.79 Å². The first kappa shape index (κ1) is 22.8. The van der Waals surface area contributed by atoms with Crippen molar-refractivity contribution in [3.63, 3.8) is 0 Å². The van der Waals surface area contributed by atoms with Crippen LogP contribution in [0.4, 0.5) is 5.69 Å². The van der Waals surface area contributed by atoms with Gasteiger partial charge in [0.2, 0.25) is 5.91 Å². The lowest BCUT2D eigenvalue weighted by atomic mass is 10.1. The number of hydrogen-bond acceptors (Lipinski definition) is 3. The summed E-state index contributed by atoms with van der Waals surface area (Å²) in [7, 11) is 3.31. The second-order valence-corrected chi connectivity index (χ2v) is 5.73. The van der Waals surface area contributed by atoms with E-state index in [-0.39, 0.29) is 36.4 Å². The Balaban J connectivity index is 0.00000364. The number of anilines is 1. The number of benzene rings is 2. The van der Waals surface area contributed by atoms with Crippen molar-refractivity contribution < 1.29 is 9.53 Å². The monoisotopic (exact) mass is 482 g/mol. The molecule has 0 aliphatic carbocycles. The van der Waals surface area contributed by atoms with E-state index in [4.69, 9.17) is 4.74 Å². The van der Waals surface area contributed by atoms with Crippen molar-refractivity contribution in [3.8, 4) is 5.75 Å². The zero-order valence-corrected chi connectivity index (χ0v) is 18.2. The van der Waals surface area contributed by atoms with Crippen LogP contribution >= 0.6 is 24.0 Å². The summed E-state index contributed by atoms with van der Waals surface area (Å²) in [5.41, 5.74) is 3.05. The fraction of sp³-hybridized carbons (Fsp3) is 0.300. The lowest BCUT2D eigenvalue weighted by Crippen LogP contribution is -2.41. The normalized spacial score (nSPS) is 10.6. The van der Waals surface area contributed by atoms with E-state index in [0.29, 0.717) is 12.5 Å². The largest absolute Gasteiger partial charge is 0.497 e. The molecule has 0 saturated heterocycles. The Kier molecular flexibility index (Phi) is 10.2. The van der Waals surface area contributed by atoms with Gasteiger partial charge in [-0.1, -0.05) is 31.2 Å². The predicted molar refractivity (Wildman–Crippen MR) is 121 cm³/mol. The van der Waals surface area contributed by atoms with E-state index in [2.05, 4.69) is 27.9 Å². The lowest BCUT2D eigenvalue weighted by Gasteiger charge is -2.13. The fourth-order valence-corrected chi connectivity index (χ4v) is 2.43. The van der Waals surface area contributed by atoms with Gasteiger partial charge in [-0.15, -0.1) is 24.0 Å². The summed E-state index contributed by atoms with van der Waals surface area (Å²) >= 11 is 0. The van der Waals surface area contributed by atoms with Crippen LogP contribution < -0.4 is 20.7 Å². The Bertz CT molecular complexity index is 765. The minimum atomic E-state index is -0.123. The SMILES string of the molecule is CCc1cccc(NC(=O)CNC(=NC)NCc2cccc(OC)c2)c1.I. The maximum Gasteiger partial charge on any atom is 0.243 e. The van der Waals surface area contributed by atoms with Gasteiger partial charge in [0.15, 0.2) is 5.96 Å². The second kappa shape index (κ2) is 12.2. The lowest BCUT2D eigenvalue weighted by molar-refractivity contribution is -0.115. The molecular weight excluding hydrogens is 455 g/mol. The van der Waals surface area contributed by atoms with Gasteiger partial charge in [-0.2, -0.15) is 0 Å². The third kappa shape index (κ3) is 7.86. The van der Waals surface area contributed by atoms with Crippen molar-refractivity contribution >= 4 is 41.5 Å². The Morgan fingerprint density at radius 1 is 1.07 bits per heavy atom. The molecule has 0 unspecified atom stereocenters. The second-order valence-electron chi connectivity index (χ2n) is 5.73. The molecule has 0 radical (unpaired) electrons. The van der Waals surface area contributed by atoms with Crippen LogP contribution in [0.15, 0.2) is 53.5 Å². The molecule has 0 fully saturated rings. The molecule has 2 rings (SSSR count). The number of guanidine groups is 1. The van der Waals surface area contributed by atoms with E-state index < -0.39 is 0 Å².